The van der Waals surface area contributed by atoms with Gasteiger partial charge in [0.1, 0.15) is 11.4 Å². The van der Waals surface area contributed by atoms with E-state index in [4.69, 9.17) is 9.47 Å². The maximum atomic E-state index is 12.1. The zero-order valence-corrected chi connectivity index (χ0v) is 18.8. The fraction of sp³-hybridized carbons (Fsp3) is 0.577. The van der Waals surface area contributed by atoms with E-state index in [0.717, 1.165) is 11.1 Å². The van der Waals surface area contributed by atoms with Gasteiger partial charge in [0.05, 0.1) is 5.60 Å². The van der Waals surface area contributed by atoms with Crippen LogP contribution >= 0.6 is 0 Å². The van der Waals surface area contributed by atoms with Crippen LogP contribution < -0.4 is 4.74 Å². The molecular formula is C26H36O4. The number of carbonyl (C=O) groups excluding carboxylic acids is 1. The summed E-state index contributed by atoms with van der Waals surface area (Å²) in [6.45, 7) is 7.40. The lowest BCUT2D eigenvalue weighted by atomic mass is 9.67. The monoisotopic (exact) mass is 412 g/mol. The van der Waals surface area contributed by atoms with Crippen molar-refractivity contribution in [2.75, 3.05) is 6.61 Å². The number of hydrogen-bond donors (Lipinski definition) is 1. The Hall–Kier alpha value is -2.07. The molecule has 1 aromatic carbocycles. The van der Waals surface area contributed by atoms with Gasteiger partial charge >= 0.3 is 5.97 Å². The van der Waals surface area contributed by atoms with Crippen LogP contribution in [0, 0.1) is 11.8 Å². The summed E-state index contributed by atoms with van der Waals surface area (Å²) in [6, 6.07) is 7.66. The molecule has 0 aliphatic heterocycles. The number of rotatable bonds is 6. The van der Waals surface area contributed by atoms with Gasteiger partial charge in [0.25, 0.3) is 0 Å². The third-order valence-electron chi connectivity index (χ3n) is 5.99. The largest absolute Gasteiger partial charge is 0.482 e. The average Bonchev–Trinajstić information content (AvgIpc) is 2.66. The van der Waals surface area contributed by atoms with Crippen molar-refractivity contribution >= 4 is 5.97 Å². The lowest BCUT2D eigenvalue weighted by Crippen LogP contribution is -2.43. The van der Waals surface area contributed by atoms with Crippen LogP contribution in [0.5, 0.6) is 5.75 Å². The van der Waals surface area contributed by atoms with E-state index in [2.05, 4.69) is 12.2 Å². The van der Waals surface area contributed by atoms with E-state index in [-0.39, 0.29) is 12.5 Å². The third-order valence-corrected chi connectivity index (χ3v) is 5.99. The van der Waals surface area contributed by atoms with Crippen molar-refractivity contribution in [2.45, 2.75) is 77.4 Å². The number of carbonyl (C=O) groups is 1. The van der Waals surface area contributed by atoms with Crippen molar-refractivity contribution < 1.29 is 19.4 Å². The van der Waals surface area contributed by atoms with Crippen LogP contribution in [0.15, 0.2) is 48.1 Å². The summed E-state index contributed by atoms with van der Waals surface area (Å²) in [7, 11) is 0. The molecule has 0 heterocycles. The highest BCUT2D eigenvalue weighted by atomic mass is 16.6. The Morgan fingerprint density at radius 1 is 1.17 bits per heavy atom. The van der Waals surface area contributed by atoms with E-state index in [1.54, 1.807) is 0 Å². The standard InChI is InChI=1S/C26H36O4/c1-19-14-15-22(20-10-6-5-7-11-20)26(28,16-19)17-21-12-8-9-13-23(21)29-18-24(27)30-25(2,3)4/h8-9,12-16,20,22,28H,5-7,10-11,17-18H2,1-4H3. The second-order valence-electron chi connectivity index (χ2n) is 9.82. The Bertz CT molecular complexity index is 795. The minimum absolute atomic E-state index is 0.0976. The molecule has 0 spiro atoms. The predicted octanol–water partition coefficient (Wildman–Crippen LogP) is 5.39. The number of esters is 1. The van der Waals surface area contributed by atoms with Crippen LogP contribution in [0.2, 0.25) is 0 Å². The summed E-state index contributed by atoms with van der Waals surface area (Å²) >= 11 is 0. The zero-order valence-electron chi connectivity index (χ0n) is 18.8. The van der Waals surface area contributed by atoms with Crippen molar-refractivity contribution in [3.05, 3.63) is 53.6 Å². The molecule has 164 valence electrons. The molecule has 2 aliphatic carbocycles. The van der Waals surface area contributed by atoms with Gasteiger partial charge in [-0.15, -0.1) is 0 Å². The second kappa shape index (κ2) is 9.38. The van der Waals surface area contributed by atoms with Gasteiger partial charge in [-0.3, -0.25) is 0 Å². The quantitative estimate of drug-likeness (QED) is 0.636. The second-order valence-corrected chi connectivity index (χ2v) is 9.82. The molecule has 0 bridgehead atoms. The number of para-hydroxylation sites is 1. The fourth-order valence-corrected chi connectivity index (χ4v) is 4.79. The van der Waals surface area contributed by atoms with Crippen molar-refractivity contribution in [1.82, 2.24) is 0 Å². The van der Waals surface area contributed by atoms with E-state index in [0.29, 0.717) is 18.1 Å². The minimum Gasteiger partial charge on any atom is -0.482 e. The molecule has 0 amide bonds. The van der Waals surface area contributed by atoms with Gasteiger partial charge in [-0.2, -0.15) is 0 Å². The maximum Gasteiger partial charge on any atom is 0.344 e. The van der Waals surface area contributed by atoms with E-state index in [9.17, 15) is 9.90 Å². The van der Waals surface area contributed by atoms with Crippen molar-refractivity contribution in [3.63, 3.8) is 0 Å². The molecule has 4 nitrogen and oxygen atoms in total. The molecule has 0 radical (unpaired) electrons. The molecule has 2 unspecified atom stereocenters. The van der Waals surface area contributed by atoms with Gasteiger partial charge < -0.3 is 14.6 Å². The fourth-order valence-electron chi connectivity index (χ4n) is 4.79. The molecule has 2 aliphatic rings. The SMILES string of the molecule is CC1=CC(O)(Cc2ccccc2OCC(=O)OC(C)(C)C)C(C2CCCCC2)C=C1. The molecule has 1 aromatic rings. The normalized spacial score (nSPS) is 25.0. The summed E-state index contributed by atoms with van der Waals surface area (Å²) in [4.78, 5) is 12.1. The number of allylic oxidation sites excluding steroid dienone is 2. The van der Waals surface area contributed by atoms with Crippen LogP contribution in [0.1, 0.15) is 65.4 Å². The molecule has 0 aromatic heterocycles. The number of hydrogen-bond acceptors (Lipinski definition) is 4. The van der Waals surface area contributed by atoms with Crippen molar-refractivity contribution in [2.24, 2.45) is 11.8 Å². The smallest absolute Gasteiger partial charge is 0.344 e. The topological polar surface area (TPSA) is 55.8 Å². The average molecular weight is 413 g/mol. The lowest BCUT2D eigenvalue weighted by Gasteiger charge is -2.41. The summed E-state index contributed by atoms with van der Waals surface area (Å²) < 4.78 is 11.2. The van der Waals surface area contributed by atoms with Gasteiger partial charge in [0.2, 0.25) is 0 Å². The van der Waals surface area contributed by atoms with Crippen LogP contribution in [-0.2, 0) is 16.0 Å². The van der Waals surface area contributed by atoms with E-state index in [1.165, 1.54) is 32.1 Å². The summed E-state index contributed by atoms with van der Waals surface area (Å²) in [5.41, 5.74) is 0.492. The molecule has 0 saturated heterocycles. The van der Waals surface area contributed by atoms with Gasteiger partial charge in [-0.05, 0) is 64.2 Å². The van der Waals surface area contributed by atoms with Gasteiger partial charge in [-0.25, -0.2) is 4.79 Å². The van der Waals surface area contributed by atoms with Gasteiger partial charge in [-0.1, -0.05) is 55.2 Å². The molecule has 3 rings (SSSR count). The Balaban J connectivity index is 1.76. The molecule has 1 fully saturated rings. The summed E-state index contributed by atoms with van der Waals surface area (Å²) in [5.74, 6) is 0.826. The van der Waals surface area contributed by atoms with Crippen molar-refractivity contribution in [3.8, 4) is 5.75 Å². The maximum absolute atomic E-state index is 12.1. The molecule has 4 heteroatoms. The molecular weight excluding hydrogens is 376 g/mol. The first kappa shape index (κ1) is 22.6. The van der Waals surface area contributed by atoms with Gasteiger partial charge in [0.15, 0.2) is 6.61 Å². The highest BCUT2D eigenvalue weighted by Crippen LogP contribution is 2.42. The summed E-state index contributed by atoms with van der Waals surface area (Å²) in [6.07, 6.45) is 12.9. The molecule has 2 atom stereocenters. The minimum atomic E-state index is -0.952. The van der Waals surface area contributed by atoms with Gasteiger partial charge in [0, 0.05) is 12.3 Å². The lowest BCUT2D eigenvalue weighted by molar-refractivity contribution is -0.157. The van der Waals surface area contributed by atoms with E-state index in [1.807, 2.05) is 58.0 Å². The Labute approximate surface area is 181 Å². The highest BCUT2D eigenvalue weighted by molar-refractivity contribution is 5.71. The predicted molar refractivity (Wildman–Crippen MR) is 119 cm³/mol. The Morgan fingerprint density at radius 3 is 2.57 bits per heavy atom. The Morgan fingerprint density at radius 2 is 1.87 bits per heavy atom. The van der Waals surface area contributed by atoms with Crippen LogP contribution in [-0.4, -0.2) is 28.9 Å². The Kier molecular flexibility index (Phi) is 7.07. The molecule has 1 saturated carbocycles. The first-order chi connectivity index (χ1) is 14.2. The van der Waals surface area contributed by atoms with Crippen LogP contribution in [0.4, 0.5) is 0 Å². The van der Waals surface area contributed by atoms with E-state index < -0.39 is 17.2 Å². The van der Waals surface area contributed by atoms with Crippen LogP contribution in [0.25, 0.3) is 0 Å². The third kappa shape index (κ3) is 5.98. The summed E-state index contributed by atoms with van der Waals surface area (Å²) in [5, 5.41) is 11.8. The zero-order chi connectivity index (χ0) is 21.8. The first-order valence-corrected chi connectivity index (χ1v) is 11.2. The first-order valence-electron chi connectivity index (χ1n) is 11.2. The number of ether oxygens (including phenoxy) is 2. The number of aliphatic hydroxyl groups is 1. The van der Waals surface area contributed by atoms with E-state index >= 15 is 0 Å². The van der Waals surface area contributed by atoms with Crippen molar-refractivity contribution in [1.29, 1.82) is 0 Å². The number of benzene rings is 1. The molecule has 1 N–H and O–H groups in total. The molecule has 30 heavy (non-hydrogen) atoms. The highest BCUT2D eigenvalue weighted by Gasteiger charge is 2.40. The van der Waals surface area contributed by atoms with Crippen LogP contribution in [0.3, 0.4) is 0 Å².